The van der Waals surface area contributed by atoms with Crippen LogP contribution in [0.15, 0.2) is 40.6 Å². The van der Waals surface area contributed by atoms with Gasteiger partial charge in [0.2, 0.25) is 5.91 Å². The van der Waals surface area contributed by atoms with E-state index in [0.29, 0.717) is 17.2 Å². The normalized spacial score (nSPS) is 18.9. The lowest BCUT2D eigenvalue weighted by atomic mass is 10.0. The lowest BCUT2D eigenvalue weighted by molar-refractivity contribution is -0.120. The van der Waals surface area contributed by atoms with E-state index in [1.807, 2.05) is 0 Å². The number of piperidine rings is 1. The fraction of sp³-hybridized carbons (Fsp3) is 0.312. The van der Waals surface area contributed by atoms with Gasteiger partial charge in [0, 0.05) is 6.54 Å². The first-order valence-electron chi connectivity index (χ1n) is 7.72. The molecule has 1 atom stereocenters. The van der Waals surface area contributed by atoms with Gasteiger partial charge in [-0.2, -0.15) is 4.31 Å². The third kappa shape index (κ3) is 3.87. The molecule has 3 rings (SSSR count). The average Bonchev–Trinajstić information content (AvgIpc) is 3.04. The van der Waals surface area contributed by atoms with Gasteiger partial charge in [-0.15, -0.1) is 11.3 Å². The van der Waals surface area contributed by atoms with Crippen LogP contribution in [0.4, 0.5) is 10.1 Å². The molecule has 0 aliphatic carbocycles. The van der Waals surface area contributed by atoms with Crippen LogP contribution in [-0.2, 0) is 14.8 Å². The Morgan fingerprint density at radius 2 is 2.00 bits per heavy atom. The summed E-state index contributed by atoms with van der Waals surface area (Å²) in [5.41, 5.74) is 0.0367. The molecule has 9 heteroatoms. The van der Waals surface area contributed by atoms with Crippen molar-refractivity contribution in [1.29, 1.82) is 0 Å². The van der Waals surface area contributed by atoms with Gasteiger partial charge in [0.15, 0.2) is 0 Å². The zero-order valence-electron chi connectivity index (χ0n) is 13.1. The van der Waals surface area contributed by atoms with Crippen LogP contribution in [0.25, 0.3) is 0 Å². The lowest BCUT2D eigenvalue weighted by Crippen LogP contribution is -2.49. The van der Waals surface area contributed by atoms with E-state index in [4.69, 9.17) is 11.6 Å². The van der Waals surface area contributed by atoms with E-state index in [1.54, 1.807) is 6.07 Å². The van der Waals surface area contributed by atoms with Crippen LogP contribution in [-0.4, -0.2) is 31.2 Å². The fourth-order valence-electron chi connectivity index (χ4n) is 2.79. The summed E-state index contributed by atoms with van der Waals surface area (Å²) < 4.78 is 41.1. The van der Waals surface area contributed by atoms with E-state index in [-0.39, 0.29) is 16.4 Å². The maximum atomic E-state index is 13.8. The van der Waals surface area contributed by atoms with Crippen molar-refractivity contribution >= 4 is 44.6 Å². The standard InChI is InChI=1S/C16H16ClFN2O3S2/c17-14-8-9-15(24-14)25(22,23)20-10-4-3-7-13(20)16(21)19-12-6-2-1-5-11(12)18/h1-2,5-6,8-9,13H,3-4,7,10H2,(H,19,21). The van der Waals surface area contributed by atoms with Crippen LogP contribution < -0.4 is 5.32 Å². The number of amides is 1. The summed E-state index contributed by atoms with van der Waals surface area (Å²) in [6.45, 7) is 0.243. The van der Waals surface area contributed by atoms with Crippen molar-refractivity contribution in [2.24, 2.45) is 0 Å². The highest BCUT2D eigenvalue weighted by Crippen LogP contribution is 2.32. The zero-order valence-corrected chi connectivity index (χ0v) is 15.5. The highest BCUT2D eigenvalue weighted by molar-refractivity contribution is 7.91. The molecule has 1 unspecified atom stereocenters. The fourth-order valence-corrected chi connectivity index (χ4v) is 6.05. The Labute approximate surface area is 154 Å². The van der Waals surface area contributed by atoms with Crippen molar-refractivity contribution in [3.63, 3.8) is 0 Å². The lowest BCUT2D eigenvalue weighted by Gasteiger charge is -2.33. The number of anilines is 1. The van der Waals surface area contributed by atoms with Crippen molar-refractivity contribution in [3.05, 3.63) is 46.6 Å². The van der Waals surface area contributed by atoms with Crippen LogP contribution in [0, 0.1) is 5.82 Å². The molecule has 1 aromatic carbocycles. The summed E-state index contributed by atoms with van der Waals surface area (Å²) in [4.78, 5) is 12.6. The Morgan fingerprint density at radius 1 is 1.24 bits per heavy atom. The molecule has 1 aliphatic rings. The second-order valence-corrected chi connectivity index (χ2v) is 9.49. The second kappa shape index (κ2) is 7.41. The molecule has 1 aromatic heterocycles. The second-order valence-electron chi connectivity index (χ2n) is 5.65. The predicted octanol–water partition coefficient (Wildman–Crippen LogP) is 3.72. The Balaban J connectivity index is 1.86. The molecule has 0 saturated carbocycles. The summed E-state index contributed by atoms with van der Waals surface area (Å²) >= 11 is 6.80. The monoisotopic (exact) mass is 402 g/mol. The molecule has 134 valence electrons. The quantitative estimate of drug-likeness (QED) is 0.847. The molecule has 0 radical (unpaired) electrons. The summed E-state index contributed by atoms with van der Waals surface area (Å²) in [5.74, 6) is -1.10. The van der Waals surface area contributed by atoms with Crippen molar-refractivity contribution in [1.82, 2.24) is 4.31 Å². The van der Waals surface area contributed by atoms with E-state index in [0.717, 1.165) is 17.8 Å². The Hall–Kier alpha value is -1.48. The number of benzene rings is 1. The van der Waals surface area contributed by atoms with Gasteiger partial charge in [0.1, 0.15) is 16.1 Å². The van der Waals surface area contributed by atoms with Crippen LogP contribution in [0.3, 0.4) is 0 Å². The number of nitrogens with one attached hydrogen (secondary N) is 1. The average molecular weight is 403 g/mol. The molecule has 2 aromatic rings. The van der Waals surface area contributed by atoms with Gasteiger partial charge in [0.25, 0.3) is 10.0 Å². The van der Waals surface area contributed by atoms with Crippen molar-refractivity contribution in [2.75, 3.05) is 11.9 Å². The number of halogens is 2. The Bertz CT molecular complexity index is 885. The first kappa shape index (κ1) is 18.3. The SMILES string of the molecule is O=C(Nc1ccccc1F)C1CCCCN1S(=O)(=O)c1ccc(Cl)s1. The number of sulfonamides is 1. The number of thiophene rings is 1. The molecule has 5 nitrogen and oxygen atoms in total. The molecule has 0 spiro atoms. The topological polar surface area (TPSA) is 66.5 Å². The molecule has 1 amide bonds. The largest absolute Gasteiger partial charge is 0.322 e. The van der Waals surface area contributed by atoms with Gasteiger partial charge in [-0.25, -0.2) is 12.8 Å². The molecule has 1 fully saturated rings. The minimum atomic E-state index is -3.82. The van der Waals surface area contributed by atoms with E-state index in [9.17, 15) is 17.6 Å². The maximum Gasteiger partial charge on any atom is 0.253 e. The van der Waals surface area contributed by atoms with Crippen LogP contribution >= 0.6 is 22.9 Å². The Morgan fingerprint density at radius 3 is 2.68 bits per heavy atom. The molecular formula is C16H16ClFN2O3S2. The van der Waals surface area contributed by atoms with Gasteiger partial charge in [-0.05, 0) is 37.1 Å². The molecule has 0 bridgehead atoms. The number of nitrogens with zero attached hydrogens (tertiary/aromatic N) is 1. The number of carbonyl (C=O) groups is 1. The van der Waals surface area contributed by atoms with E-state index in [2.05, 4.69) is 5.32 Å². The van der Waals surface area contributed by atoms with Gasteiger partial charge < -0.3 is 5.32 Å². The van der Waals surface area contributed by atoms with Gasteiger partial charge in [0.05, 0.1) is 10.0 Å². The van der Waals surface area contributed by atoms with Gasteiger partial charge in [-0.1, -0.05) is 30.2 Å². The zero-order chi connectivity index (χ0) is 18.0. The van der Waals surface area contributed by atoms with Crippen LogP contribution in [0.1, 0.15) is 19.3 Å². The highest BCUT2D eigenvalue weighted by atomic mass is 35.5. The number of hydrogen-bond acceptors (Lipinski definition) is 4. The van der Waals surface area contributed by atoms with E-state index in [1.165, 1.54) is 34.6 Å². The van der Waals surface area contributed by atoms with Crippen LogP contribution in [0.5, 0.6) is 0 Å². The third-order valence-electron chi connectivity index (χ3n) is 4.00. The molecular weight excluding hydrogens is 387 g/mol. The Kier molecular flexibility index (Phi) is 5.43. The molecule has 2 heterocycles. The van der Waals surface area contributed by atoms with E-state index < -0.39 is 27.8 Å². The maximum absolute atomic E-state index is 13.8. The predicted molar refractivity (Wildman–Crippen MR) is 95.9 cm³/mol. The molecule has 1 aliphatic heterocycles. The smallest absolute Gasteiger partial charge is 0.253 e. The number of para-hydroxylation sites is 1. The van der Waals surface area contributed by atoms with Gasteiger partial charge >= 0.3 is 0 Å². The minimum absolute atomic E-state index is 0.0367. The molecule has 1 N–H and O–H groups in total. The number of carbonyl (C=O) groups excluding carboxylic acids is 1. The summed E-state index contributed by atoms with van der Waals surface area (Å²) in [5, 5.41) is 2.50. The van der Waals surface area contributed by atoms with Gasteiger partial charge in [-0.3, -0.25) is 4.79 Å². The first-order valence-corrected chi connectivity index (χ1v) is 10.4. The van der Waals surface area contributed by atoms with E-state index >= 15 is 0 Å². The highest BCUT2D eigenvalue weighted by Gasteiger charge is 2.38. The van der Waals surface area contributed by atoms with Crippen molar-refractivity contribution in [3.8, 4) is 0 Å². The van der Waals surface area contributed by atoms with Crippen molar-refractivity contribution in [2.45, 2.75) is 29.5 Å². The number of rotatable bonds is 4. The number of hydrogen-bond donors (Lipinski definition) is 1. The van der Waals surface area contributed by atoms with Crippen molar-refractivity contribution < 1.29 is 17.6 Å². The molecule has 25 heavy (non-hydrogen) atoms. The molecule has 1 saturated heterocycles. The summed E-state index contributed by atoms with van der Waals surface area (Å²) in [7, 11) is -3.82. The summed E-state index contributed by atoms with van der Waals surface area (Å²) in [6, 6.07) is 7.86. The van der Waals surface area contributed by atoms with Crippen LogP contribution in [0.2, 0.25) is 4.34 Å². The third-order valence-corrected chi connectivity index (χ3v) is 7.61. The first-order chi connectivity index (χ1) is 11.9. The summed E-state index contributed by atoms with van der Waals surface area (Å²) in [6.07, 6.45) is 1.78. The minimum Gasteiger partial charge on any atom is -0.322 e.